The molecule has 1 fully saturated rings. The second-order valence-electron chi connectivity index (χ2n) is 7.61. The Morgan fingerprint density at radius 1 is 0.970 bits per heavy atom. The summed E-state index contributed by atoms with van der Waals surface area (Å²) in [5, 5.41) is 10.7. The Bertz CT molecular complexity index is 1300. The first-order valence-corrected chi connectivity index (χ1v) is 10.9. The third-order valence-corrected chi connectivity index (χ3v) is 7.23. The summed E-state index contributed by atoms with van der Waals surface area (Å²) in [6.07, 6.45) is -1.45. The van der Waals surface area contributed by atoms with Gasteiger partial charge < -0.3 is 19.3 Å². The first-order chi connectivity index (χ1) is 15.5. The van der Waals surface area contributed by atoms with Gasteiger partial charge in [0.2, 0.25) is 12.6 Å². The molecule has 14 heteroatoms. The van der Waals surface area contributed by atoms with E-state index in [2.05, 4.69) is 0 Å². The largest absolute Gasteiger partial charge is 0.465 e. The van der Waals surface area contributed by atoms with Gasteiger partial charge in [-0.15, -0.1) is 0 Å². The fourth-order valence-corrected chi connectivity index (χ4v) is 5.51. The molecule has 1 unspecified atom stereocenters. The molecule has 0 spiro atoms. The van der Waals surface area contributed by atoms with Crippen molar-refractivity contribution in [3.63, 3.8) is 0 Å². The van der Waals surface area contributed by atoms with Crippen LogP contribution in [0.25, 0.3) is 0 Å². The number of halogens is 5. The van der Waals surface area contributed by atoms with Gasteiger partial charge in [0.15, 0.2) is 39.7 Å². The van der Waals surface area contributed by atoms with Crippen molar-refractivity contribution in [2.45, 2.75) is 17.4 Å². The summed E-state index contributed by atoms with van der Waals surface area (Å²) in [6, 6.07) is 1.36. The van der Waals surface area contributed by atoms with E-state index in [4.69, 9.17) is 14.2 Å². The molecule has 2 aromatic rings. The Morgan fingerprint density at radius 3 is 2.27 bits per heavy atom. The Balaban J connectivity index is 1.68. The predicted molar refractivity (Wildman–Crippen MR) is 96.2 cm³/mol. The summed E-state index contributed by atoms with van der Waals surface area (Å²) < 4.78 is 112. The molecule has 0 bridgehead atoms. The van der Waals surface area contributed by atoms with Crippen LogP contribution in [0.15, 0.2) is 11.0 Å². The lowest BCUT2D eigenvalue weighted by Gasteiger charge is -2.31. The number of hydrogen-bond donors (Lipinski definition) is 2. The molecule has 1 aliphatic carbocycles. The molecule has 0 aromatic heterocycles. The average Bonchev–Trinajstić information content (AvgIpc) is 3.38. The first-order valence-electron chi connectivity index (χ1n) is 9.37. The minimum absolute atomic E-state index is 0.0271. The van der Waals surface area contributed by atoms with Gasteiger partial charge in [0.25, 0.3) is 10.0 Å². The van der Waals surface area contributed by atoms with Crippen LogP contribution in [0.1, 0.15) is 17.2 Å². The molecule has 8 nitrogen and oxygen atoms in total. The van der Waals surface area contributed by atoms with Crippen LogP contribution >= 0.6 is 0 Å². The Kier molecular flexibility index (Phi) is 4.72. The van der Waals surface area contributed by atoms with Crippen molar-refractivity contribution in [1.29, 1.82) is 0 Å². The summed E-state index contributed by atoms with van der Waals surface area (Å²) in [7, 11) is -5.42. The number of nitrogens with one attached hydrogen (secondary N) is 1. The van der Waals surface area contributed by atoms with Crippen LogP contribution in [0.5, 0.6) is 11.5 Å². The highest BCUT2D eigenvalue weighted by Gasteiger charge is 2.48. The lowest BCUT2D eigenvalue weighted by Crippen LogP contribution is -2.31. The number of aliphatic hydroxyl groups is 1. The highest BCUT2D eigenvalue weighted by atomic mass is 32.2. The molecule has 2 N–H and O–H groups in total. The molecular formula is C19H12F5NO7S. The van der Waals surface area contributed by atoms with Crippen molar-refractivity contribution in [3.8, 4) is 11.5 Å². The standard InChI is InChI=1S/C19H12F5NO7S/c20-10-11(21)13(23)18(14(24)12(10)22)33(28,29)25-15-5-1-7-8(3-30-19(7)27)16(26)6(5)2-9-17(15)32-4-31-9/h2,7-8,16,25-26H,1,3-4H2/t7-,8?,16+/m1/s1. The number of aliphatic hydroxyl groups excluding tert-OH is 1. The monoisotopic (exact) mass is 493 g/mol. The maximum absolute atomic E-state index is 14.2. The van der Waals surface area contributed by atoms with Crippen molar-refractivity contribution in [3.05, 3.63) is 46.3 Å². The number of cyclic esters (lactones) is 1. The van der Waals surface area contributed by atoms with Gasteiger partial charge in [-0.25, -0.2) is 30.4 Å². The number of rotatable bonds is 3. The summed E-state index contributed by atoms with van der Waals surface area (Å²) in [5.74, 6) is -14.9. The molecule has 5 rings (SSSR count). The van der Waals surface area contributed by atoms with Gasteiger partial charge in [-0.2, -0.15) is 0 Å². The van der Waals surface area contributed by atoms with Crippen molar-refractivity contribution >= 4 is 21.7 Å². The predicted octanol–water partition coefficient (Wildman–Crippen LogP) is 2.29. The van der Waals surface area contributed by atoms with Crippen molar-refractivity contribution in [2.75, 3.05) is 18.1 Å². The van der Waals surface area contributed by atoms with Crippen LogP contribution < -0.4 is 14.2 Å². The van der Waals surface area contributed by atoms with E-state index in [9.17, 15) is 40.3 Å². The van der Waals surface area contributed by atoms with E-state index >= 15 is 0 Å². The van der Waals surface area contributed by atoms with E-state index in [0.717, 1.165) is 0 Å². The zero-order valence-electron chi connectivity index (χ0n) is 16.1. The maximum Gasteiger partial charge on any atom is 0.309 e. The number of anilines is 1. The second kappa shape index (κ2) is 7.18. The maximum atomic E-state index is 14.2. The Morgan fingerprint density at radius 2 is 1.61 bits per heavy atom. The summed E-state index contributed by atoms with van der Waals surface area (Å²) in [5.41, 5.74) is -0.297. The Labute approximate surface area is 181 Å². The quantitative estimate of drug-likeness (QED) is 0.292. The molecule has 0 radical (unpaired) electrons. The van der Waals surface area contributed by atoms with E-state index < -0.39 is 73.6 Å². The summed E-state index contributed by atoms with van der Waals surface area (Å²) in [4.78, 5) is 9.97. The third kappa shape index (κ3) is 3.04. The highest BCUT2D eigenvalue weighted by molar-refractivity contribution is 7.92. The summed E-state index contributed by atoms with van der Waals surface area (Å²) >= 11 is 0. The second-order valence-corrected chi connectivity index (χ2v) is 9.23. The normalized spacial score (nSPS) is 23.2. The van der Waals surface area contributed by atoms with Gasteiger partial charge in [0.1, 0.15) is 0 Å². The van der Waals surface area contributed by atoms with Crippen LogP contribution in [0.4, 0.5) is 27.6 Å². The molecule has 0 amide bonds. The molecule has 2 aliphatic heterocycles. The van der Waals surface area contributed by atoms with Crippen LogP contribution in [0.3, 0.4) is 0 Å². The molecule has 3 atom stereocenters. The number of ether oxygens (including phenoxy) is 3. The van der Waals surface area contributed by atoms with Gasteiger partial charge in [-0.3, -0.25) is 9.52 Å². The molecule has 1 saturated heterocycles. The van der Waals surface area contributed by atoms with Crippen LogP contribution in [0, 0.1) is 40.9 Å². The molecule has 176 valence electrons. The number of sulfonamides is 1. The van der Waals surface area contributed by atoms with E-state index in [1.54, 1.807) is 4.72 Å². The van der Waals surface area contributed by atoms with Gasteiger partial charge in [0.05, 0.1) is 24.3 Å². The number of carbonyl (C=O) groups is 1. The van der Waals surface area contributed by atoms with E-state index in [0.29, 0.717) is 0 Å². The van der Waals surface area contributed by atoms with E-state index in [-0.39, 0.29) is 42.4 Å². The topological polar surface area (TPSA) is 111 Å². The summed E-state index contributed by atoms with van der Waals surface area (Å²) in [6.45, 7) is -0.454. The van der Waals surface area contributed by atoms with Crippen molar-refractivity contribution in [2.24, 2.45) is 11.8 Å². The zero-order chi connectivity index (χ0) is 23.8. The number of hydrogen-bond acceptors (Lipinski definition) is 7. The van der Waals surface area contributed by atoms with E-state index in [1.165, 1.54) is 6.07 Å². The molecule has 2 aromatic carbocycles. The van der Waals surface area contributed by atoms with Gasteiger partial charge >= 0.3 is 5.97 Å². The molecule has 0 saturated carbocycles. The molecule has 3 aliphatic rings. The fraction of sp³-hybridized carbons (Fsp3) is 0.316. The van der Waals surface area contributed by atoms with Crippen molar-refractivity contribution < 1.29 is 54.5 Å². The fourth-order valence-electron chi connectivity index (χ4n) is 4.27. The lowest BCUT2D eigenvalue weighted by molar-refractivity contribution is -0.141. The number of carbonyl (C=O) groups excluding carboxylic acids is 1. The third-order valence-electron chi connectivity index (χ3n) is 5.87. The van der Waals surface area contributed by atoms with Crippen molar-refractivity contribution in [1.82, 2.24) is 0 Å². The minimum Gasteiger partial charge on any atom is -0.465 e. The number of benzene rings is 2. The van der Waals surface area contributed by atoms with Crippen LogP contribution in [-0.2, 0) is 26.0 Å². The SMILES string of the molecule is O=C1OCC2[C@H]1Cc1c(cc3c(c1NS(=O)(=O)c1c(F)c(F)c(F)c(F)c1F)OCO3)[C@@H]2O. The first kappa shape index (κ1) is 21.7. The molecule has 33 heavy (non-hydrogen) atoms. The van der Waals surface area contributed by atoms with Crippen LogP contribution in [0.2, 0.25) is 0 Å². The van der Waals surface area contributed by atoms with Gasteiger partial charge in [-0.05, 0) is 23.6 Å². The zero-order valence-corrected chi connectivity index (χ0v) is 16.9. The van der Waals surface area contributed by atoms with Gasteiger partial charge in [-0.1, -0.05) is 0 Å². The minimum atomic E-state index is -5.42. The Hall–Kier alpha value is -3.13. The van der Waals surface area contributed by atoms with E-state index in [1.807, 2.05) is 0 Å². The number of esters is 1. The average molecular weight is 493 g/mol. The van der Waals surface area contributed by atoms with Crippen LogP contribution in [-0.4, -0.2) is 32.9 Å². The lowest BCUT2D eigenvalue weighted by atomic mass is 9.75. The highest BCUT2D eigenvalue weighted by Crippen LogP contribution is 2.52. The smallest absolute Gasteiger partial charge is 0.309 e. The number of fused-ring (bicyclic) bond motifs is 3. The molecule has 2 heterocycles. The van der Waals surface area contributed by atoms with Gasteiger partial charge in [0, 0.05) is 5.92 Å². The molecular weight excluding hydrogens is 481 g/mol.